The van der Waals surface area contributed by atoms with Crippen molar-refractivity contribution in [1.29, 1.82) is 0 Å². The van der Waals surface area contributed by atoms with Gasteiger partial charge in [-0.15, -0.1) is 0 Å². The molecule has 0 radical (unpaired) electrons. The van der Waals surface area contributed by atoms with E-state index in [1.807, 2.05) is 5.32 Å². The van der Waals surface area contributed by atoms with Gasteiger partial charge in [-0.2, -0.15) is 0 Å². The van der Waals surface area contributed by atoms with E-state index in [0.717, 1.165) is 10.5 Å². The molecule has 1 aromatic carbocycles. The first kappa shape index (κ1) is 11.1. The van der Waals surface area contributed by atoms with E-state index in [1.54, 1.807) is 25.1 Å². The number of nitrogens with zero attached hydrogens (tertiary/aromatic N) is 1. The fourth-order valence-electron chi connectivity index (χ4n) is 1.64. The van der Waals surface area contributed by atoms with E-state index in [9.17, 15) is 14.4 Å². The highest BCUT2D eigenvalue weighted by atomic mass is 16.5. The standard InChI is InChI=1S/C11H10N2O4/c1-6-5-7(3-4-8(6)17-2)13-10(15)9(14)12-11(13)16/h3-5H,1-2H3,(H,12,14,16). The molecule has 17 heavy (non-hydrogen) atoms. The van der Waals surface area contributed by atoms with Gasteiger partial charge in [0, 0.05) is 0 Å². The van der Waals surface area contributed by atoms with Gasteiger partial charge in [0.1, 0.15) is 5.75 Å². The van der Waals surface area contributed by atoms with Gasteiger partial charge in [-0.05, 0) is 30.7 Å². The zero-order valence-corrected chi connectivity index (χ0v) is 9.31. The Kier molecular flexibility index (Phi) is 2.55. The van der Waals surface area contributed by atoms with Gasteiger partial charge in [0.15, 0.2) is 0 Å². The van der Waals surface area contributed by atoms with Crippen LogP contribution in [-0.2, 0) is 9.59 Å². The lowest BCUT2D eigenvalue weighted by Crippen LogP contribution is -2.30. The van der Waals surface area contributed by atoms with E-state index in [-0.39, 0.29) is 0 Å². The summed E-state index contributed by atoms with van der Waals surface area (Å²) in [4.78, 5) is 34.7. The SMILES string of the molecule is COc1ccc(N2C(=O)NC(=O)C2=O)cc1C. The quantitative estimate of drug-likeness (QED) is 0.600. The minimum atomic E-state index is -0.913. The van der Waals surface area contributed by atoms with Gasteiger partial charge in [0.05, 0.1) is 12.8 Å². The number of carbonyl (C=O) groups is 3. The number of nitrogens with one attached hydrogen (secondary N) is 1. The van der Waals surface area contributed by atoms with Gasteiger partial charge < -0.3 is 4.74 Å². The average molecular weight is 234 g/mol. The molecule has 2 rings (SSSR count). The van der Waals surface area contributed by atoms with Gasteiger partial charge in [0.2, 0.25) is 0 Å². The zero-order valence-electron chi connectivity index (χ0n) is 9.31. The van der Waals surface area contributed by atoms with Crippen molar-refractivity contribution in [2.75, 3.05) is 12.0 Å². The molecule has 1 N–H and O–H groups in total. The smallest absolute Gasteiger partial charge is 0.336 e. The molecule has 0 aliphatic carbocycles. The number of aryl methyl sites for hydroxylation is 1. The lowest BCUT2D eigenvalue weighted by Gasteiger charge is -2.13. The van der Waals surface area contributed by atoms with Crippen molar-refractivity contribution in [3.63, 3.8) is 0 Å². The number of benzene rings is 1. The lowest BCUT2D eigenvalue weighted by molar-refractivity contribution is -0.134. The summed E-state index contributed by atoms with van der Waals surface area (Å²) in [6, 6.07) is 4.05. The molecule has 0 saturated carbocycles. The Morgan fingerprint density at radius 2 is 1.94 bits per heavy atom. The third-order valence-corrected chi connectivity index (χ3v) is 2.46. The average Bonchev–Trinajstić information content (AvgIpc) is 2.53. The van der Waals surface area contributed by atoms with Crippen molar-refractivity contribution in [1.82, 2.24) is 5.32 Å². The minimum absolute atomic E-state index is 0.344. The number of urea groups is 1. The molecule has 0 unspecified atom stereocenters. The summed E-state index contributed by atoms with van der Waals surface area (Å²) in [6.45, 7) is 1.78. The number of rotatable bonds is 2. The van der Waals surface area contributed by atoms with Crippen LogP contribution >= 0.6 is 0 Å². The third kappa shape index (κ3) is 1.73. The topological polar surface area (TPSA) is 75.7 Å². The normalized spacial score (nSPS) is 15.2. The van der Waals surface area contributed by atoms with Crippen molar-refractivity contribution < 1.29 is 19.1 Å². The van der Waals surface area contributed by atoms with E-state index >= 15 is 0 Å². The fraction of sp³-hybridized carbons (Fsp3) is 0.182. The largest absolute Gasteiger partial charge is 0.496 e. The van der Waals surface area contributed by atoms with E-state index in [2.05, 4.69) is 0 Å². The van der Waals surface area contributed by atoms with E-state index in [1.165, 1.54) is 7.11 Å². The van der Waals surface area contributed by atoms with Crippen LogP contribution in [0.5, 0.6) is 5.75 Å². The van der Waals surface area contributed by atoms with Crippen LogP contribution in [0.3, 0.4) is 0 Å². The Hall–Kier alpha value is -2.37. The van der Waals surface area contributed by atoms with Crippen LogP contribution in [-0.4, -0.2) is 25.0 Å². The number of hydrogen-bond acceptors (Lipinski definition) is 4. The van der Waals surface area contributed by atoms with Gasteiger partial charge in [-0.3, -0.25) is 14.9 Å². The maximum absolute atomic E-state index is 11.4. The predicted octanol–water partition coefficient (Wildman–Crippen LogP) is 0.586. The first-order chi connectivity index (χ1) is 8.04. The van der Waals surface area contributed by atoms with E-state index < -0.39 is 17.8 Å². The van der Waals surface area contributed by atoms with Crippen molar-refractivity contribution >= 4 is 23.5 Å². The number of ether oxygens (including phenoxy) is 1. The summed E-state index contributed by atoms with van der Waals surface area (Å²) < 4.78 is 5.07. The lowest BCUT2D eigenvalue weighted by atomic mass is 10.2. The zero-order chi connectivity index (χ0) is 12.6. The summed E-state index contributed by atoms with van der Waals surface area (Å²) in [5.41, 5.74) is 1.11. The molecule has 1 fully saturated rings. The molecule has 1 saturated heterocycles. The van der Waals surface area contributed by atoms with Crippen LogP contribution in [0.1, 0.15) is 5.56 Å². The highest BCUT2D eigenvalue weighted by molar-refractivity contribution is 6.53. The molecule has 0 bridgehead atoms. The van der Waals surface area contributed by atoms with Crippen LogP contribution in [0.4, 0.5) is 10.5 Å². The number of carbonyl (C=O) groups excluding carboxylic acids is 3. The Labute approximate surface area is 97.2 Å². The molecular weight excluding hydrogens is 224 g/mol. The molecule has 0 atom stereocenters. The Bertz CT molecular complexity index is 524. The molecule has 6 heteroatoms. The summed E-state index contributed by atoms with van der Waals surface area (Å²) in [6.07, 6.45) is 0. The molecule has 0 aromatic heterocycles. The monoisotopic (exact) mass is 234 g/mol. The summed E-state index contributed by atoms with van der Waals surface area (Å²) >= 11 is 0. The summed E-state index contributed by atoms with van der Waals surface area (Å²) in [7, 11) is 1.53. The molecule has 6 nitrogen and oxygen atoms in total. The highest BCUT2D eigenvalue weighted by Gasteiger charge is 2.38. The van der Waals surface area contributed by atoms with Crippen molar-refractivity contribution in [2.45, 2.75) is 6.92 Å². The minimum Gasteiger partial charge on any atom is -0.496 e. The van der Waals surface area contributed by atoms with Gasteiger partial charge >= 0.3 is 17.8 Å². The van der Waals surface area contributed by atoms with Crippen LogP contribution in [0.25, 0.3) is 0 Å². The number of anilines is 1. The maximum Gasteiger partial charge on any atom is 0.336 e. The molecule has 88 valence electrons. The first-order valence-electron chi connectivity index (χ1n) is 4.88. The molecule has 1 aliphatic rings. The van der Waals surface area contributed by atoms with Crippen molar-refractivity contribution in [3.05, 3.63) is 23.8 Å². The number of amides is 4. The van der Waals surface area contributed by atoms with Crippen LogP contribution in [0.15, 0.2) is 18.2 Å². The Morgan fingerprint density at radius 1 is 1.24 bits per heavy atom. The molecule has 4 amide bonds. The second kappa shape index (κ2) is 3.89. The molecule has 1 aromatic rings. The molecule has 1 aliphatic heterocycles. The number of methoxy groups -OCH3 is 1. The highest BCUT2D eigenvalue weighted by Crippen LogP contribution is 2.25. The second-order valence-corrected chi connectivity index (χ2v) is 3.55. The number of hydrogen-bond donors (Lipinski definition) is 1. The van der Waals surface area contributed by atoms with Gasteiger partial charge in [-0.25, -0.2) is 9.69 Å². The van der Waals surface area contributed by atoms with Crippen LogP contribution in [0, 0.1) is 6.92 Å². The number of imide groups is 2. The third-order valence-electron chi connectivity index (χ3n) is 2.46. The van der Waals surface area contributed by atoms with E-state index in [4.69, 9.17) is 4.74 Å². The first-order valence-corrected chi connectivity index (χ1v) is 4.88. The van der Waals surface area contributed by atoms with Gasteiger partial charge in [0.25, 0.3) is 0 Å². The Balaban J connectivity index is 2.41. The second-order valence-electron chi connectivity index (χ2n) is 3.55. The van der Waals surface area contributed by atoms with Crippen molar-refractivity contribution in [2.24, 2.45) is 0 Å². The van der Waals surface area contributed by atoms with Crippen LogP contribution in [0.2, 0.25) is 0 Å². The maximum atomic E-state index is 11.4. The summed E-state index contributed by atoms with van der Waals surface area (Å²) in [5, 5.41) is 1.93. The molecule has 1 heterocycles. The van der Waals surface area contributed by atoms with Crippen molar-refractivity contribution in [3.8, 4) is 5.75 Å². The molecular formula is C11H10N2O4. The summed E-state index contributed by atoms with van der Waals surface area (Å²) in [5.74, 6) is -1.14. The predicted molar refractivity (Wildman–Crippen MR) is 58.8 cm³/mol. The fourth-order valence-corrected chi connectivity index (χ4v) is 1.64. The van der Waals surface area contributed by atoms with Crippen LogP contribution < -0.4 is 15.0 Å². The Morgan fingerprint density at radius 3 is 2.41 bits per heavy atom. The molecule has 0 spiro atoms. The van der Waals surface area contributed by atoms with E-state index in [0.29, 0.717) is 11.4 Å². The van der Waals surface area contributed by atoms with Gasteiger partial charge in [-0.1, -0.05) is 0 Å².